The summed E-state index contributed by atoms with van der Waals surface area (Å²) in [5.74, 6) is -4.99. The van der Waals surface area contributed by atoms with Gasteiger partial charge in [0, 0.05) is 17.3 Å². The molecule has 0 spiro atoms. The molecule has 1 unspecified atom stereocenters. The number of carbonyl (C=O) groups excluding carboxylic acids is 2. The number of ketones is 1. The molecule has 1 aliphatic heterocycles. The van der Waals surface area contributed by atoms with Gasteiger partial charge in [-0.3, -0.25) is 14.5 Å². The van der Waals surface area contributed by atoms with Crippen LogP contribution in [0.25, 0.3) is 5.76 Å². The smallest absolute Gasteiger partial charge is 0.300 e. The van der Waals surface area contributed by atoms with Crippen LogP contribution in [0.3, 0.4) is 0 Å². The Balaban J connectivity index is 1.91. The summed E-state index contributed by atoms with van der Waals surface area (Å²) >= 11 is 0. The zero-order valence-electron chi connectivity index (χ0n) is 18.3. The van der Waals surface area contributed by atoms with Crippen molar-refractivity contribution >= 4 is 23.1 Å². The minimum Gasteiger partial charge on any atom is -0.507 e. The van der Waals surface area contributed by atoms with Gasteiger partial charge in [0.05, 0.1) is 17.7 Å². The highest BCUT2D eigenvalue weighted by Gasteiger charge is 2.47. The molecule has 1 saturated heterocycles. The predicted octanol–water partition coefficient (Wildman–Crippen LogP) is 5.52. The van der Waals surface area contributed by atoms with Crippen LogP contribution in [0.4, 0.5) is 18.9 Å². The molecule has 0 bridgehead atoms. The summed E-state index contributed by atoms with van der Waals surface area (Å²) < 4.78 is 46.8. The lowest BCUT2D eigenvalue weighted by Gasteiger charge is -2.25. The highest BCUT2D eigenvalue weighted by molar-refractivity contribution is 6.51. The van der Waals surface area contributed by atoms with Crippen molar-refractivity contribution in [1.29, 1.82) is 0 Å². The summed E-state index contributed by atoms with van der Waals surface area (Å²) in [6, 6.07) is 12.9. The number of amides is 1. The molecule has 0 aliphatic carbocycles. The van der Waals surface area contributed by atoms with Crippen LogP contribution in [0, 0.1) is 17.5 Å². The number of benzene rings is 3. The fraction of sp³-hybridized carbons (Fsp3) is 0.154. The van der Waals surface area contributed by atoms with Crippen LogP contribution >= 0.6 is 0 Å². The lowest BCUT2D eigenvalue weighted by atomic mass is 9.95. The van der Waals surface area contributed by atoms with Crippen molar-refractivity contribution in [2.45, 2.75) is 26.0 Å². The number of aliphatic hydroxyl groups is 1. The number of halogens is 3. The fourth-order valence-electron chi connectivity index (χ4n) is 3.84. The maximum absolute atomic E-state index is 14.0. The molecule has 1 aliphatic rings. The summed E-state index contributed by atoms with van der Waals surface area (Å²) in [6.45, 7) is 3.66. The van der Waals surface area contributed by atoms with E-state index in [1.807, 2.05) is 13.8 Å². The number of anilines is 1. The van der Waals surface area contributed by atoms with E-state index < -0.39 is 40.9 Å². The second kappa shape index (κ2) is 9.05. The van der Waals surface area contributed by atoms with E-state index in [0.717, 1.165) is 35.2 Å². The Morgan fingerprint density at radius 2 is 1.65 bits per heavy atom. The number of nitrogens with zero attached hydrogens (tertiary/aromatic N) is 1. The molecule has 1 N–H and O–H groups in total. The number of hydrogen-bond donors (Lipinski definition) is 1. The number of rotatable bonds is 5. The van der Waals surface area contributed by atoms with E-state index in [1.165, 1.54) is 24.3 Å². The monoisotopic (exact) mass is 467 g/mol. The molecule has 3 aromatic carbocycles. The molecule has 1 amide bonds. The van der Waals surface area contributed by atoms with Gasteiger partial charge in [-0.1, -0.05) is 24.3 Å². The van der Waals surface area contributed by atoms with E-state index >= 15 is 0 Å². The van der Waals surface area contributed by atoms with Crippen molar-refractivity contribution in [3.63, 3.8) is 0 Å². The van der Waals surface area contributed by atoms with E-state index in [2.05, 4.69) is 0 Å². The fourth-order valence-corrected chi connectivity index (χ4v) is 3.84. The summed E-state index contributed by atoms with van der Waals surface area (Å²) in [5.41, 5.74) is 0.143. The quantitative estimate of drug-likeness (QED) is 0.305. The molecule has 34 heavy (non-hydrogen) atoms. The summed E-state index contributed by atoms with van der Waals surface area (Å²) in [4.78, 5) is 27.1. The van der Waals surface area contributed by atoms with Gasteiger partial charge in [-0.05, 0) is 55.8 Å². The van der Waals surface area contributed by atoms with E-state index in [-0.39, 0.29) is 22.9 Å². The molecule has 4 rings (SSSR count). The average Bonchev–Trinajstić information content (AvgIpc) is 3.06. The van der Waals surface area contributed by atoms with E-state index in [4.69, 9.17) is 4.74 Å². The molecule has 1 atom stereocenters. The van der Waals surface area contributed by atoms with Gasteiger partial charge >= 0.3 is 0 Å². The van der Waals surface area contributed by atoms with E-state index in [0.29, 0.717) is 11.3 Å². The van der Waals surface area contributed by atoms with E-state index in [1.54, 1.807) is 12.1 Å². The second-order valence-electron chi connectivity index (χ2n) is 8.01. The zero-order chi connectivity index (χ0) is 24.6. The molecule has 3 aromatic rings. The molecule has 1 heterocycles. The number of hydrogen-bond acceptors (Lipinski definition) is 4. The SMILES string of the molecule is CC(C)Oc1cccc(/C(O)=C2\C(=O)C(=O)N(c3ccc(F)c(F)c3)C2c2ccc(F)cc2)c1. The number of ether oxygens (including phenoxy) is 1. The van der Waals surface area contributed by atoms with Crippen molar-refractivity contribution in [1.82, 2.24) is 0 Å². The summed E-state index contributed by atoms with van der Waals surface area (Å²) in [5, 5.41) is 11.1. The average molecular weight is 467 g/mol. The number of Topliss-reactive ketones (excluding diaryl/α,β-unsaturated/α-hetero) is 1. The minimum absolute atomic E-state index is 0.0914. The van der Waals surface area contributed by atoms with Gasteiger partial charge in [0.25, 0.3) is 11.7 Å². The number of aliphatic hydroxyl groups excluding tert-OH is 1. The third-order valence-corrected chi connectivity index (χ3v) is 5.29. The van der Waals surface area contributed by atoms with Crippen LogP contribution in [0.2, 0.25) is 0 Å². The van der Waals surface area contributed by atoms with Crippen LogP contribution in [0.15, 0.2) is 72.3 Å². The van der Waals surface area contributed by atoms with Gasteiger partial charge in [-0.25, -0.2) is 13.2 Å². The minimum atomic E-state index is -1.21. The molecule has 1 fully saturated rings. The molecule has 0 radical (unpaired) electrons. The van der Waals surface area contributed by atoms with Gasteiger partial charge < -0.3 is 9.84 Å². The summed E-state index contributed by atoms with van der Waals surface area (Å²) in [6.07, 6.45) is -0.143. The van der Waals surface area contributed by atoms with Gasteiger partial charge in [0.1, 0.15) is 17.3 Å². The lowest BCUT2D eigenvalue weighted by molar-refractivity contribution is -0.132. The number of carbonyl (C=O) groups is 2. The maximum Gasteiger partial charge on any atom is 0.300 e. The van der Waals surface area contributed by atoms with Crippen LogP contribution in [-0.2, 0) is 9.59 Å². The van der Waals surface area contributed by atoms with Crippen LogP contribution in [0.5, 0.6) is 5.75 Å². The van der Waals surface area contributed by atoms with Crippen molar-refractivity contribution < 1.29 is 32.6 Å². The first-order valence-electron chi connectivity index (χ1n) is 10.5. The van der Waals surface area contributed by atoms with E-state index in [9.17, 15) is 27.9 Å². The standard InChI is InChI=1S/C26H20F3NO4/c1-14(2)34-19-5-3-4-16(12-19)24(31)22-23(15-6-8-17(27)9-7-15)30(26(33)25(22)32)18-10-11-20(28)21(29)13-18/h3-14,23,31H,1-2H3/b24-22+. The Bertz CT molecular complexity index is 1300. The third kappa shape index (κ3) is 4.26. The van der Waals surface area contributed by atoms with Gasteiger partial charge in [-0.2, -0.15) is 0 Å². The second-order valence-corrected chi connectivity index (χ2v) is 8.01. The topological polar surface area (TPSA) is 66.8 Å². The molecular weight excluding hydrogens is 447 g/mol. The Hall–Kier alpha value is -4.07. The Labute approximate surface area is 193 Å². The largest absolute Gasteiger partial charge is 0.507 e. The van der Waals surface area contributed by atoms with Crippen molar-refractivity contribution in [3.05, 3.63) is 101 Å². The predicted molar refractivity (Wildman–Crippen MR) is 120 cm³/mol. The third-order valence-electron chi connectivity index (χ3n) is 5.29. The Morgan fingerprint density at radius 3 is 2.29 bits per heavy atom. The van der Waals surface area contributed by atoms with Crippen LogP contribution < -0.4 is 9.64 Å². The first-order valence-corrected chi connectivity index (χ1v) is 10.5. The van der Waals surface area contributed by atoms with Crippen molar-refractivity contribution in [3.8, 4) is 5.75 Å². The Kier molecular flexibility index (Phi) is 6.15. The maximum atomic E-state index is 14.0. The molecule has 8 heteroatoms. The molecular formula is C26H20F3NO4. The molecule has 0 saturated carbocycles. The van der Waals surface area contributed by atoms with Crippen LogP contribution in [0.1, 0.15) is 31.0 Å². The zero-order valence-corrected chi connectivity index (χ0v) is 18.3. The highest BCUT2D eigenvalue weighted by Crippen LogP contribution is 2.42. The first-order chi connectivity index (χ1) is 16.2. The molecule has 0 aromatic heterocycles. The normalized spacial score (nSPS) is 17.5. The van der Waals surface area contributed by atoms with Gasteiger partial charge in [0.2, 0.25) is 0 Å². The van der Waals surface area contributed by atoms with Crippen molar-refractivity contribution in [2.24, 2.45) is 0 Å². The lowest BCUT2D eigenvalue weighted by Crippen LogP contribution is -2.29. The first kappa shape index (κ1) is 23.1. The molecule has 5 nitrogen and oxygen atoms in total. The van der Waals surface area contributed by atoms with Crippen LogP contribution in [-0.4, -0.2) is 22.9 Å². The summed E-state index contributed by atoms with van der Waals surface area (Å²) in [7, 11) is 0. The van der Waals surface area contributed by atoms with Crippen molar-refractivity contribution in [2.75, 3.05) is 4.90 Å². The van der Waals surface area contributed by atoms with Gasteiger partial charge in [0.15, 0.2) is 11.6 Å². The highest BCUT2D eigenvalue weighted by atomic mass is 19.2. The Morgan fingerprint density at radius 1 is 0.941 bits per heavy atom. The molecule has 174 valence electrons. The van der Waals surface area contributed by atoms with Gasteiger partial charge in [-0.15, -0.1) is 0 Å².